The minimum atomic E-state index is -0.946. The SMILES string of the molecule is Cc1nnc(S[C@H](C)C(=O)Nc2ccc(F)c([N+](=O)[O-])c2)n1C1CC1. The molecule has 1 atom stereocenters. The van der Waals surface area contributed by atoms with Crippen molar-refractivity contribution in [3.05, 3.63) is 40.0 Å². The van der Waals surface area contributed by atoms with Crippen LogP contribution in [-0.4, -0.2) is 30.8 Å². The van der Waals surface area contributed by atoms with Crippen LogP contribution in [0, 0.1) is 22.9 Å². The molecule has 0 spiro atoms. The number of amides is 1. The number of rotatable bonds is 6. The van der Waals surface area contributed by atoms with E-state index < -0.39 is 21.7 Å². The molecule has 0 unspecified atom stereocenters. The largest absolute Gasteiger partial charge is 0.325 e. The van der Waals surface area contributed by atoms with Crippen molar-refractivity contribution >= 4 is 29.0 Å². The Morgan fingerprint density at radius 2 is 2.20 bits per heavy atom. The number of nitrogens with zero attached hydrogens (tertiary/aromatic N) is 4. The normalized spacial score (nSPS) is 15.0. The molecule has 0 saturated heterocycles. The number of carbonyl (C=O) groups is 1. The number of halogens is 1. The van der Waals surface area contributed by atoms with Gasteiger partial charge in [-0.1, -0.05) is 11.8 Å². The fourth-order valence-corrected chi connectivity index (χ4v) is 3.33. The summed E-state index contributed by atoms with van der Waals surface area (Å²) in [5.41, 5.74) is -0.507. The molecule has 1 aromatic heterocycles. The van der Waals surface area contributed by atoms with Crippen molar-refractivity contribution in [2.75, 3.05) is 5.32 Å². The Bertz CT molecular complexity index is 837. The van der Waals surface area contributed by atoms with Crippen LogP contribution in [0.15, 0.2) is 23.4 Å². The summed E-state index contributed by atoms with van der Waals surface area (Å²) in [6.45, 7) is 3.58. The van der Waals surface area contributed by atoms with E-state index in [-0.39, 0.29) is 11.6 Å². The molecule has 2 aromatic rings. The molecule has 1 saturated carbocycles. The lowest BCUT2D eigenvalue weighted by Gasteiger charge is -2.12. The molecule has 10 heteroatoms. The van der Waals surface area contributed by atoms with E-state index in [4.69, 9.17) is 0 Å². The Hall–Kier alpha value is -2.49. The van der Waals surface area contributed by atoms with Crippen LogP contribution in [0.3, 0.4) is 0 Å². The summed E-state index contributed by atoms with van der Waals surface area (Å²) in [6, 6.07) is 3.64. The van der Waals surface area contributed by atoms with Crippen molar-refractivity contribution in [1.29, 1.82) is 0 Å². The fraction of sp³-hybridized carbons (Fsp3) is 0.400. The summed E-state index contributed by atoms with van der Waals surface area (Å²) in [6.07, 6.45) is 2.15. The molecule has 1 N–H and O–H groups in total. The van der Waals surface area contributed by atoms with Crippen LogP contribution >= 0.6 is 11.8 Å². The van der Waals surface area contributed by atoms with Gasteiger partial charge in [0.15, 0.2) is 5.16 Å². The Morgan fingerprint density at radius 1 is 1.48 bits per heavy atom. The van der Waals surface area contributed by atoms with Crippen LogP contribution in [0.5, 0.6) is 0 Å². The fourth-order valence-electron chi connectivity index (χ4n) is 2.37. The number of nitro benzene ring substituents is 1. The Balaban J connectivity index is 1.69. The predicted molar refractivity (Wildman–Crippen MR) is 90.0 cm³/mol. The van der Waals surface area contributed by atoms with Crippen molar-refractivity contribution in [2.45, 2.75) is 43.1 Å². The number of thioether (sulfide) groups is 1. The highest BCUT2D eigenvalue weighted by Gasteiger charge is 2.30. The maximum Gasteiger partial charge on any atom is 0.306 e. The number of anilines is 1. The van der Waals surface area contributed by atoms with Crippen LogP contribution in [0.25, 0.3) is 0 Å². The molecular weight excluding hydrogens is 349 g/mol. The lowest BCUT2D eigenvalue weighted by atomic mass is 10.2. The van der Waals surface area contributed by atoms with Crippen LogP contribution in [-0.2, 0) is 4.79 Å². The highest BCUT2D eigenvalue weighted by molar-refractivity contribution is 8.00. The van der Waals surface area contributed by atoms with Crippen LogP contribution in [0.1, 0.15) is 31.6 Å². The number of aromatic nitrogens is 3. The summed E-state index contributed by atoms with van der Waals surface area (Å²) in [5.74, 6) is -0.487. The molecule has 1 aromatic carbocycles. The molecular formula is C15H16FN5O3S. The summed E-state index contributed by atoms with van der Waals surface area (Å²) >= 11 is 1.27. The van der Waals surface area contributed by atoms with Gasteiger partial charge in [0.1, 0.15) is 5.82 Å². The third-order valence-electron chi connectivity index (χ3n) is 3.81. The van der Waals surface area contributed by atoms with Gasteiger partial charge in [0.05, 0.1) is 10.2 Å². The number of nitrogens with one attached hydrogen (secondary N) is 1. The molecule has 132 valence electrons. The van der Waals surface area contributed by atoms with E-state index in [1.807, 2.05) is 11.5 Å². The van der Waals surface area contributed by atoms with E-state index in [1.165, 1.54) is 17.8 Å². The zero-order valence-electron chi connectivity index (χ0n) is 13.6. The van der Waals surface area contributed by atoms with Gasteiger partial charge in [-0.3, -0.25) is 14.9 Å². The molecule has 8 nitrogen and oxygen atoms in total. The first-order valence-electron chi connectivity index (χ1n) is 7.69. The van der Waals surface area contributed by atoms with Gasteiger partial charge in [-0.15, -0.1) is 10.2 Å². The minimum absolute atomic E-state index is 0.172. The maximum atomic E-state index is 13.4. The van der Waals surface area contributed by atoms with Crippen molar-refractivity contribution in [3.63, 3.8) is 0 Å². The minimum Gasteiger partial charge on any atom is -0.325 e. The van der Waals surface area contributed by atoms with Gasteiger partial charge in [0.2, 0.25) is 11.7 Å². The summed E-state index contributed by atoms with van der Waals surface area (Å²) in [4.78, 5) is 22.3. The summed E-state index contributed by atoms with van der Waals surface area (Å²) < 4.78 is 15.4. The van der Waals surface area contributed by atoms with Gasteiger partial charge >= 0.3 is 5.69 Å². The van der Waals surface area contributed by atoms with Crippen molar-refractivity contribution < 1.29 is 14.1 Å². The molecule has 0 radical (unpaired) electrons. The Morgan fingerprint density at radius 3 is 2.84 bits per heavy atom. The van der Waals surface area contributed by atoms with Crippen molar-refractivity contribution in [2.24, 2.45) is 0 Å². The van der Waals surface area contributed by atoms with E-state index in [9.17, 15) is 19.3 Å². The average molecular weight is 365 g/mol. The van der Waals surface area contributed by atoms with Gasteiger partial charge in [0.25, 0.3) is 0 Å². The van der Waals surface area contributed by atoms with Gasteiger partial charge in [-0.25, -0.2) is 0 Å². The van der Waals surface area contributed by atoms with Crippen LogP contribution < -0.4 is 5.32 Å². The predicted octanol–water partition coefficient (Wildman–Crippen LogP) is 3.09. The second-order valence-corrected chi connectivity index (χ2v) is 7.11. The number of nitro groups is 1. The first kappa shape index (κ1) is 17.3. The van der Waals surface area contributed by atoms with E-state index in [0.29, 0.717) is 11.2 Å². The summed E-state index contributed by atoms with van der Waals surface area (Å²) in [7, 11) is 0. The van der Waals surface area contributed by atoms with Gasteiger partial charge < -0.3 is 9.88 Å². The third-order valence-corrected chi connectivity index (χ3v) is 4.87. The number of aryl methyl sites for hydroxylation is 1. The molecule has 3 rings (SSSR count). The Kier molecular flexibility index (Phi) is 4.71. The van der Waals surface area contributed by atoms with E-state index in [2.05, 4.69) is 15.5 Å². The number of hydrogen-bond donors (Lipinski definition) is 1. The molecule has 25 heavy (non-hydrogen) atoms. The highest BCUT2D eigenvalue weighted by atomic mass is 32.2. The van der Waals surface area contributed by atoms with Crippen molar-refractivity contribution in [3.8, 4) is 0 Å². The topological polar surface area (TPSA) is 103 Å². The summed E-state index contributed by atoms with van der Waals surface area (Å²) in [5, 5.41) is 21.7. The van der Waals surface area contributed by atoms with Crippen LogP contribution in [0.4, 0.5) is 15.8 Å². The van der Waals surface area contributed by atoms with E-state index in [0.717, 1.165) is 30.8 Å². The lowest BCUT2D eigenvalue weighted by molar-refractivity contribution is -0.387. The van der Waals surface area contributed by atoms with Gasteiger partial charge in [0, 0.05) is 17.8 Å². The standard InChI is InChI=1S/C15H16FN5O3S/c1-8(25-15-19-18-9(2)20(15)11-4-5-11)14(22)17-10-3-6-12(16)13(7-10)21(23)24/h3,6-8,11H,4-5H2,1-2H3,(H,17,22)/t8-/m1/s1. The highest BCUT2D eigenvalue weighted by Crippen LogP contribution is 2.39. The second kappa shape index (κ2) is 6.79. The maximum absolute atomic E-state index is 13.4. The van der Waals surface area contributed by atoms with Crippen molar-refractivity contribution in [1.82, 2.24) is 14.8 Å². The Labute approximate surface area is 147 Å². The molecule has 1 aliphatic rings. The smallest absolute Gasteiger partial charge is 0.306 e. The average Bonchev–Trinajstić information content (AvgIpc) is 3.33. The van der Waals surface area contributed by atoms with E-state index in [1.54, 1.807) is 6.92 Å². The number of benzene rings is 1. The second-order valence-electron chi connectivity index (χ2n) is 5.80. The zero-order valence-corrected chi connectivity index (χ0v) is 14.4. The zero-order chi connectivity index (χ0) is 18.1. The lowest BCUT2D eigenvalue weighted by Crippen LogP contribution is -2.23. The first-order valence-corrected chi connectivity index (χ1v) is 8.57. The quantitative estimate of drug-likeness (QED) is 0.479. The monoisotopic (exact) mass is 365 g/mol. The number of hydrogen-bond acceptors (Lipinski definition) is 6. The molecule has 0 aliphatic heterocycles. The van der Waals surface area contributed by atoms with Gasteiger partial charge in [-0.2, -0.15) is 4.39 Å². The molecule has 1 aliphatic carbocycles. The first-order chi connectivity index (χ1) is 11.9. The van der Waals surface area contributed by atoms with Gasteiger partial charge in [-0.05, 0) is 38.8 Å². The molecule has 1 amide bonds. The molecule has 0 bridgehead atoms. The van der Waals surface area contributed by atoms with E-state index >= 15 is 0 Å². The number of carbonyl (C=O) groups excluding carboxylic acids is 1. The third kappa shape index (κ3) is 3.78. The molecule has 1 fully saturated rings. The molecule has 1 heterocycles. The van der Waals surface area contributed by atoms with Crippen LogP contribution in [0.2, 0.25) is 0 Å².